The number of nitrogens with zero attached hydrogens (tertiary/aromatic N) is 3. The van der Waals surface area contributed by atoms with Crippen molar-refractivity contribution in [3.63, 3.8) is 0 Å². The lowest BCUT2D eigenvalue weighted by atomic mass is 10.6. The number of nitrogens with one attached hydrogen (secondary N) is 1. The standard InChI is InChI=1S/C10H16N4O2/c1-4-7-11-8-12-9(15-5-2)14-10(13-8)16-6-3/h4H,1,5-7H2,2-3H3,(H,11,12,13,14). The molecule has 0 amide bonds. The Hall–Kier alpha value is -1.85. The quantitative estimate of drug-likeness (QED) is 0.703. The second-order valence-corrected chi connectivity index (χ2v) is 2.76. The molecule has 0 aromatic carbocycles. The number of rotatable bonds is 7. The molecule has 1 N–H and O–H groups in total. The molecule has 0 radical (unpaired) electrons. The Kier molecular flexibility index (Phi) is 5.04. The van der Waals surface area contributed by atoms with Gasteiger partial charge in [0.1, 0.15) is 0 Å². The van der Waals surface area contributed by atoms with Crippen LogP contribution in [-0.2, 0) is 0 Å². The van der Waals surface area contributed by atoms with Crippen LogP contribution in [0.3, 0.4) is 0 Å². The molecule has 0 spiro atoms. The zero-order chi connectivity index (χ0) is 11.8. The van der Waals surface area contributed by atoms with Gasteiger partial charge in [-0.25, -0.2) is 0 Å². The maximum Gasteiger partial charge on any atom is 0.324 e. The fourth-order valence-electron chi connectivity index (χ4n) is 0.968. The monoisotopic (exact) mass is 224 g/mol. The molecule has 1 rings (SSSR count). The number of hydrogen-bond acceptors (Lipinski definition) is 6. The Bertz CT molecular complexity index is 319. The summed E-state index contributed by atoms with van der Waals surface area (Å²) >= 11 is 0. The highest BCUT2D eigenvalue weighted by molar-refractivity contribution is 5.28. The average molecular weight is 224 g/mol. The summed E-state index contributed by atoms with van der Waals surface area (Å²) in [6, 6.07) is 0.514. The summed E-state index contributed by atoms with van der Waals surface area (Å²) in [5.74, 6) is 0.418. The Morgan fingerprint density at radius 1 is 1.12 bits per heavy atom. The predicted octanol–water partition coefficient (Wildman–Crippen LogP) is 1.27. The summed E-state index contributed by atoms with van der Waals surface area (Å²) in [5.41, 5.74) is 0. The Labute approximate surface area is 94.7 Å². The van der Waals surface area contributed by atoms with Gasteiger partial charge in [0.05, 0.1) is 13.2 Å². The highest BCUT2D eigenvalue weighted by atomic mass is 16.5. The number of ether oxygens (including phenoxy) is 2. The Morgan fingerprint density at radius 3 is 2.12 bits per heavy atom. The molecule has 1 heterocycles. The van der Waals surface area contributed by atoms with Gasteiger partial charge in [-0.3, -0.25) is 0 Å². The predicted molar refractivity (Wildman–Crippen MR) is 60.9 cm³/mol. The minimum atomic E-state index is 0.257. The normalized spacial score (nSPS) is 9.62. The van der Waals surface area contributed by atoms with Crippen LogP contribution in [0, 0.1) is 0 Å². The van der Waals surface area contributed by atoms with Crippen LogP contribution in [-0.4, -0.2) is 34.7 Å². The summed E-state index contributed by atoms with van der Waals surface area (Å²) in [7, 11) is 0. The zero-order valence-corrected chi connectivity index (χ0v) is 9.56. The summed E-state index contributed by atoms with van der Waals surface area (Å²) in [5, 5.41) is 2.95. The van der Waals surface area contributed by atoms with Crippen LogP contribution in [0.1, 0.15) is 13.8 Å². The van der Waals surface area contributed by atoms with Gasteiger partial charge in [0, 0.05) is 6.54 Å². The van der Waals surface area contributed by atoms with Gasteiger partial charge in [0.15, 0.2) is 0 Å². The third kappa shape index (κ3) is 3.72. The maximum atomic E-state index is 5.21. The number of anilines is 1. The van der Waals surface area contributed by atoms with Crippen molar-refractivity contribution in [3.8, 4) is 12.0 Å². The second kappa shape index (κ2) is 6.60. The van der Waals surface area contributed by atoms with Gasteiger partial charge < -0.3 is 14.8 Å². The number of hydrogen-bond donors (Lipinski definition) is 1. The molecule has 0 saturated carbocycles. The third-order valence-electron chi connectivity index (χ3n) is 1.55. The molecule has 0 aliphatic carbocycles. The van der Waals surface area contributed by atoms with Crippen LogP contribution in [0.2, 0.25) is 0 Å². The molecule has 1 aromatic rings. The van der Waals surface area contributed by atoms with E-state index in [2.05, 4.69) is 26.8 Å². The first-order valence-electron chi connectivity index (χ1n) is 5.16. The Morgan fingerprint density at radius 2 is 1.69 bits per heavy atom. The van der Waals surface area contributed by atoms with E-state index in [0.717, 1.165) is 0 Å². The van der Waals surface area contributed by atoms with Gasteiger partial charge in [-0.15, -0.1) is 11.6 Å². The van der Waals surface area contributed by atoms with Crippen molar-refractivity contribution < 1.29 is 9.47 Å². The molecule has 0 saturated heterocycles. The van der Waals surface area contributed by atoms with E-state index in [1.165, 1.54) is 0 Å². The first kappa shape index (κ1) is 12.2. The molecule has 0 fully saturated rings. The van der Waals surface area contributed by atoms with Crippen LogP contribution in [0.5, 0.6) is 12.0 Å². The first-order chi connectivity index (χ1) is 7.80. The summed E-state index contributed by atoms with van der Waals surface area (Å²) < 4.78 is 10.4. The number of aromatic nitrogens is 3. The zero-order valence-electron chi connectivity index (χ0n) is 9.56. The highest BCUT2D eigenvalue weighted by Gasteiger charge is 2.06. The largest absolute Gasteiger partial charge is 0.464 e. The van der Waals surface area contributed by atoms with Crippen molar-refractivity contribution in [3.05, 3.63) is 12.7 Å². The molecule has 0 aliphatic rings. The molecule has 0 unspecified atom stereocenters. The lowest BCUT2D eigenvalue weighted by Crippen LogP contribution is -2.09. The molecule has 16 heavy (non-hydrogen) atoms. The van der Waals surface area contributed by atoms with E-state index >= 15 is 0 Å². The molecular formula is C10H16N4O2. The van der Waals surface area contributed by atoms with Gasteiger partial charge in [0.25, 0.3) is 0 Å². The molecule has 6 heteroatoms. The van der Waals surface area contributed by atoms with E-state index in [0.29, 0.717) is 25.7 Å². The van der Waals surface area contributed by atoms with Crippen molar-refractivity contribution >= 4 is 5.95 Å². The van der Waals surface area contributed by atoms with Crippen molar-refractivity contribution in [2.75, 3.05) is 25.1 Å². The summed E-state index contributed by atoms with van der Waals surface area (Å²) in [6.07, 6.45) is 1.71. The Balaban J connectivity index is 2.84. The molecule has 0 aliphatic heterocycles. The van der Waals surface area contributed by atoms with Crippen LogP contribution >= 0.6 is 0 Å². The van der Waals surface area contributed by atoms with E-state index < -0.39 is 0 Å². The van der Waals surface area contributed by atoms with Crippen molar-refractivity contribution in [1.82, 2.24) is 15.0 Å². The fraction of sp³-hybridized carbons (Fsp3) is 0.500. The smallest absolute Gasteiger partial charge is 0.324 e. The van der Waals surface area contributed by atoms with Gasteiger partial charge in [-0.2, -0.15) is 9.97 Å². The molecule has 1 aromatic heterocycles. The maximum absolute atomic E-state index is 5.21. The SMILES string of the molecule is C=CCNc1nc(OCC)nc(OCC)n1. The van der Waals surface area contributed by atoms with Crippen LogP contribution in [0.15, 0.2) is 12.7 Å². The molecule has 0 atom stereocenters. The molecule has 6 nitrogen and oxygen atoms in total. The minimum Gasteiger partial charge on any atom is -0.464 e. The molecule has 88 valence electrons. The van der Waals surface area contributed by atoms with Crippen LogP contribution in [0.25, 0.3) is 0 Å². The topological polar surface area (TPSA) is 69.2 Å². The van der Waals surface area contributed by atoms with Crippen LogP contribution < -0.4 is 14.8 Å². The van der Waals surface area contributed by atoms with E-state index in [4.69, 9.17) is 9.47 Å². The van der Waals surface area contributed by atoms with Crippen molar-refractivity contribution in [2.24, 2.45) is 0 Å². The highest BCUT2D eigenvalue weighted by Crippen LogP contribution is 2.12. The summed E-state index contributed by atoms with van der Waals surface area (Å²) in [6.45, 7) is 8.88. The van der Waals surface area contributed by atoms with Crippen molar-refractivity contribution in [2.45, 2.75) is 13.8 Å². The third-order valence-corrected chi connectivity index (χ3v) is 1.55. The van der Waals surface area contributed by atoms with E-state index in [1.807, 2.05) is 13.8 Å². The second-order valence-electron chi connectivity index (χ2n) is 2.76. The lowest BCUT2D eigenvalue weighted by Gasteiger charge is -2.07. The van der Waals surface area contributed by atoms with Gasteiger partial charge in [0.2, 0.25) is 5.95 Å². The summed E-state index contributed by atoms with van der Waals surface area (Å²) in [4.78, 5) is 12.1. The van der Waals surface area contributed by atoms with E-state index in [-0.39, 0.29) is 12.0 Å². The van der Waals surface area contributed by atoms with Crippen molar-refractivity contribution in [1.29, 1.82) is 0 Å². The first-order valence-corrected chi connectivity index (χ1v) is 5.16. The van der Waals surface area contributed by atoms with Gasteiger partial charge in [-0.1, -0.05) is 6.08 Å². The molecule has 0 bridgehead atoms. The average Bonchev–Trinajstić information content (AvgIpc) is 2.27. The van der Waals surface area contributed by atoms with Gasteiger partial charge in [-0.05, 0) is 13.8 Å². The molecular weight excluding hydrogens is 208 g/mol. The van der Waals surface area contributed by atoms with E-state index in [1.54, 1.807) is 6.08 Å². The van der Waals surface area contributed by atoms with E-state index in [9.17, 15) is 0 Å². The fourth-order valence-corrected chi connectivity index (χ4v) is 0.968. The van der Waals surface area contributed by atoms with Gasteiger partial charge >= 0.3 is 12.0 Å². The minimum absolute atomic E-state index is 0.257. The lowest BCUT2D eigenvalue weighted by molar-refractivity contribution is 0.280. The van der Waals surface area contributed by atoms with Crippen LogP contribution in [0.4, 0.5) is 5.95 Å².